The number of hydrogen-bond acceptors (Lipinski definition) is 3. The molecule has 1 rings (SSSR count). The van der Waals surface area contributed by atoms with Crippen LogP contribution >= 0.6 is 0 Å². The summed E-state index contributed by atoms with van der Waals surface area (Å²) in [6.45, 7) is 11.2. The summed E-state index contributed by atoms with van der Waals surface area (Å²) in [7, 11) is 2.08. The molecule has 0 spiro atoms. The number of piperazine rings is 1. The predicted octanol–water partition coefficient (Wildman–Crippen LogP) is 0.524. The summed E-state index contributed by atoms with van der Waals surface area (Å²) in [6, 6.07) is 0. The number of amides is 1. The van der Waals surface area contributed by atoms with E-state index in [0.29, 0.717) is 0 Å². The zero-order valence-electron chi connectivity index (χ0n) is 11.2. The molecule has 0 unspecified atom stereocenters. The van der Waals surface area contributed by atoms with Gasteiger partial charge in [-0.15, -0.1) is 0 Å². The summed E-state index contributed by atoms with van der Waals surface area (Å²) in [5.74, 6) is 0.174. The number of nitrogens with two attached hydrogens (primary N) is 1. The van der Waals surface area contributed by atoms with Crippen molar-refractivity contribution in [2.45, 2.75) is 33.2 Å². The van der Waals surface area contributed by atoms with Crippen LogP contribution in [0.1, 0.15) is 27.7 Å². The first-order chi connectivity index (χ1) is 7.16. The second kappa shape index (κ2) is 4.34. The lowest BCUT2D eigenvalue weighted by Gasteiger charge is -2.43. The molecule has 1 saturated heterocycles. The first-order valence-corrected chi connectivity index (χ1v) is 5.93. The second-order valence-electron chi connectivity index (χ2n) is 5.94. The number of carbonyl (C=O) groups is 1. The van der Waals surface area contributed by atoms with E-state index in [9.17, 15) is 4.79 Å². The fourth-order valence-electron chi connectivity index (χ4n) is 1.68. The van der Waals surface area contributed by atoms with Crippen LogP contribution in [-0.4, -0.2) is 54.5 Å². The molecule has 0 aromatic carbocycles. The highest BCUT2D eigenvalue weighted by Crippen LogP contribution is 2.30. The maximum Gasteiger partial charge on any atom is 0.230 e. The molecule has 0 bridgehead atoms. The van der Waals surface area contributed by atoms with Gasteiger partial charge in [0, 0.05) is 31.7 Å². The number of nitrogens with zero attached hydrogens (tertiary/aromatic N) is 2. The Morgan fingerprint density at radius 1 is 1.06 bits per heavy atom. The Balaban J connectivity index is 2.71. The quantitative estimate of drug-likeness (QED) is 0.748. The van der Waals surface area contributed by atoms with Crippen LogP contribution in [0.25, 0.3) is 0 Å². The van der Waals surface area contributed by atoms with Crippen LogP contribution in [0.2, 0.25) is 0 Å². The summed E-state index contributed by atoms with van der Waals surface area (Å²) < 4.78 is 0. The minimum Gasteiger partial charge on any atom is -0.340 e. The topological polar surface area (TPSA) is 49.6 Å². The first kappa shape index (κ1) is 13.5. The van der Waals surface area contributed by atoms with E-state index in [1.807, 2.05) is 32.6 Å². The molecule has 16 heavy (non-hydrogen) atoms. The van der Waals surface area contributed by atoms with E-state index in [1.165, 1.54) is 0 Å². The molecule has 1 heterocycles. The van der Waals surface area contributed by atoms with E-state index in [2.05, 4.69) is 11.9 Å². The van der Waals surface area contributed by atoms with Gasteiger partial charge in [0.1, 0.15) is 0 Å². The zero-order chi connectivity index (χ0) is 12.6. The average molecular weight is 227 g/mol. The molecule has 0 saturated carbocycles. The molecule has 1 aliphatic heterocycles. The smallest absolute Gasteiger partial charge is 0.230 e. The van der Waals surface area contributed by atoms with Crippen LogP contribution in [0.3, 0.4) is 0 Å². The Morgan fingerprint density at radius 3 is 1.88 bits per heavy atom. The summed E-state index contributed by atoms with van der Waals surface area (Å²) in [5, 5.41) is 0. The lowest BCUT2D eigenvalue weighted by Crippen LogP contribution is -2.59. The van der Waals surface area contributed by atoms with Crippen LogP contribution in [-0.2, 0) is 4.79 Å². The minimum atomic E-state index is -0.511. The largest absolute Gasteiger partial charge is 0.340 e. The Bertz CT molecular complexity index is 260. The van der Waals surface area contributed by atoms with E-state index in [-0.39, 0.29) is 5.91 Å². The average Bonchev–Trinajstić information content (AvgIpc) is 2.16. The van der Waals surface area contributed by atoms with Gasteiger partial charge >= 0.3 is 0 Å². The van der Waals surface area contributed by atoms with Crippen molar-refractivity contribution in [3.05, 3.63) is 0 Å². The number of hydrogen-bond donors (Lipinski definition) is 1. The van der Waals surface area contributed by atoms with Crippen LogP contribution in [0, 0.1) is 5.41 Å². The van der Waals surface area contributed by atoms with Crippen molar-refractivity contribution in [2.75, 3.05) is 33.2 Å². The van der Waals surface area contributed by atoms with Crippen molar-refractivity contribution in [1.29, 1.82) is 0 Å². The molecule has 1 aliphatic rings. The van der Waals surface area contributed by atoms with E-state index in [4.69, 9.17) is 5.73 Å². The van der Waals surface area contributed by atoms with Crippen molar-refractivity contribution in [3.63, 3.8) is 0 Å². The highest BCUT2D eigenvalue weighted by molar-refractivity contribution is 5.83. The van der Waals surface area contributed by atoms with Gasteiger partial charge in [-0.1, -0.05) is 0 Å². The summed E-state index contributed by atoms with van der Waals surface area (Å²) in [4.78, 5) is 16.6. The van der Waals surface area contributed by atoms with Crippen LogP contribution in [0.15, 0.2) is 0 Å². The normalized spacial score (nSPS) is 20.0. The number of carbonyl (C=O) groups excluding carboxylic acids is 1. The van der Waals surface area contributed by atoms with Crippen LogP contribution in [0.4, 0.5) is 0 Å². The predicted molar refractivity (Wildman–Crippen MR) is 66.1 cm³/mol. The number of rotatable bonds is 2. The molecular formula is C12H25N3O. The zero-order valence-corrected chi connectivity index (χ0v) is 11.2. The Morgan fingerprint density at radius 2 is 1.50 bits per heavy atom. The van der Waals surface area contributed by atoms with Crippen molar-refractivity contribution in [3.8, 4) is 0 Å². The van der Waals surface area contributed by atoms with E-state index >= 15 is 0 Å². The Labute approximate surface area is 98.8 Å². The van der Waals surface area contributed by atoms with E-state index in [1.54, 1.807) is 0 Å². The molecule has 4 nitrogen and oxygen atoms in total. The molecular weight excluding hydrogens is 202 g/mol. The van der Waals surface area contributed by atoms with Crippen LogP contribution < -0.4 is 5.73 Å². The highest BCUT2D eigenvalue weighted by atomic mass is 16.2. The monoisotopic (exact) mass is 227 g/mol. The van der Waals surface area contributed by atoms with Gasteiger partial charge in [0.15, 0.2) is 0 Å². The lowest BCUT2D eigenvalue weighted by molar-refractivity contribution is -0.145. The third-order valence-electron chi connectivity index (χ3n) is 3.94. The van der Waals surface area contributed by atoms with Crippen molar-refractivity contribution in [2.24, 2.45) is 11.1 Å². The van der Waals surface area contributed by atoms with Crippen molar-refractivity contribution >= 4 is 5.91 Å². The molecule has 94 valence electrons. The molecule has 0 radical (unpaired) electrons. The molecule has 1 amide bonds. The van der Waals surface area contributed by atoms with E-state index in [0.717, 1.165) is 26.2 Å². The van der Waals surface area contributed by atoms with Crippen LogP contribution in [0.5, 0.6) is 0 Å². The van der Waals surface area contributed by atoms with E-state index < -0.39 is 11.0 Å². The third-order valence-corrected chi connectivity index (χ3v) is 3.94. The first-order valence-electron chi connectivity index (χ1n) is 5.93. The number of likely N-dealkylation sites (N-methyl/N-ethyl adjacent to an activating group) is 1. The highest BCUT2D eigenvalue weighted by Gasteiger charge is 2.43. The molecule has 0 atom stereocenters. The van der Waals surface area contributed by atoms with Gasteiger partial charge in [-0.2, -0.15) is 0 Å². The molecule has 2 N–H and O–H groups in total. The second-order valence-corrected chi connectivity index (χ2v) is 5.94. The Hall–Kier alpha value is -0.610. The van der Waals surface area contributed by atoms with Gasteiger partial charge in [0.05, 0.1) is 5.41 Å². The van der Waals surface area contributed by atoms with Gasteiger partial charge < -0.3 is 15.5 Å². The van der Waals surface area contributed by atoms with Gasteiger partial charge in [0.25, 0.3) is 0 Å². The molecule has 1 fully saturated rings. The SMILES string of the molecule is CN1CCN(C(=O)C(C)(C)C(C)(C)N)CC1. The maximum atomic E-state index is 12.4. The molecule has 0 aromatic rings. The lowest BCUT2D eigenvalue weighted by atomic mass is 9.74. The fourth-order valence-corrected chi connectivity index (χ4v) is 1.68. The fraction of sp³-hybridized carbons (Fsp3) is 0.917. The molecule has 0 aromatic heterocycles. The third kappa shape index (κ3) is 2.55. The van der Waals surface area contributed by atoms with Crippen molar-refractivity contribution in [1.82, 2.24) is 9.80 Å². The van der Waals surface area contributed by atoms with Crippen molar-refractivity contribution < 1.29 is 4.79 Å². The molecule has 4 heteroatoms. The Kier molecular flexibility index (Phi) is 3.65. The summed E-state index contributed by atoms with van der Waals surface area (Å²) in [5.41, 5.74) is 5.09. The summed E-state index contributed by atoms with van der Waals surface area (Å²) in [6.07, 6.45) is 0. The summed E-state index contributed by atoms with van der Waals surface area (Å²) >= 11 is 0. The molecule has 0 aliphatic carbocycles. The minimum absolute atomic E-state index is 0.174. The van der Waals surface area contributed by atoms with Gasteiger partial charge in [0.2, 0.25) is 5.91 Å². The van der Waals surface area contributed by atoms with Gasteiger partial charge in [-0.05, 0) is 34.7 Å². The maximum absolute atomic E-state index is 12.4. The van der Waals surface area contributed by atoms with Gasteiger partial charge in [-0.25, -0.2) is 0 Å². The van der Waals surface area contributed by atoms with Gasteiger partial charge in [-0.3, -0.25) is 4.79 Å². The standard InChI is InChI=1S/C12H25N3O/c1-11(2,12(3,4)13)10(16)15-8-6-14(5)7-9-15/h6-9,13H2,1-5H3.